The third-order valence-electron chi connectivity index (χ3n) is 3.58. The fourth-order valence-corrected chi connectivity index (χ4v) is 2.65. The molecule has 0 unspecified atom stereocenters. The van der Waals surface area contributed by atoms with E-state index >= 15 is 0 Å². The minimum absolute atomic E-state index is 0. The molecule has 0 amide bonds. The smallest absolute Gasteiger partial charge is 0.191 e. The molecule has 0 aliphatic heterocycles. The maximum absolute atomic E-state index is 8.88. The summed E-state index contributed by atoms with van der Waals surface area (Å²) in [5.74, 6) is 0.780. The Morgan fingerprint density at radius 2 is 2.14 bits per heavy atom. The van der Waals surface area contributed by atoms with Gasteiger partial charge in [-0.1, -0.05) is 28.1 Å². The van der Waals surface area contributed by atoms with Gasteiger partial charge in [-0.25, -0.2) is 0 Å². The highest BCUT2D eigenvalue weighted by Gasteiger charge is 2.44. The molecule has 0 spiro atoms. The van der Waals surface area contributed by atoms with Crippen molar-refractivity contribution in [2.24, 2.45) is 4.99 Å². The van der Waals surface area contributed by atoms with Crippen LogP contribution in [0.25, 0.3) is 0 Å². The predicted molar refractivity (Wildman–Crippen MR) is 102 cm³/mol. The van der Waals surface area contributed by atoms with Gasteiger partial charge in [0.1, 0.15) is 0 Å². The number of hydrogen-bond donors (Lipinski definition) is 3. The molecule has 1 aliphatic carbocycles. The number of benzene rings is 1. The molecule has 2 rings (SSSR count). The second-order valence-corrected chi connectivity index (χ2v) is 6.05. The van der Waals surface area contributed by atoms with E-state index in [0.29, 0.717) is 6.54 Å². The highest BCUT2D eigenvalue weighted by molar-refractivity contribution is 14.0. The van der Waals surface area contributed by atoms with Crippen LogP contribution in [0.3, 0.4) is 0 Å². The number of aliphatic imine (C=N–C) groups is 1. The number of guanidine groups is 1. The van der Waals surface area contributed by atoms with Gasteiger partial charge in [0, 0.05) is 23.0 Å². The minimum atomic E-state index is 0. The molecule has 1 aromatic carbocycles. The predicted octanol–water partition coefficient (Wildman–Crippen LogP) is 2.65. The quantitative estimate of drug-likeness (QED) is 0.342. The van der Waals surface area contributed by atoms with Gasteiger partial charge in [0.05, 0.1) is 13.2 Å². The molecule has 1 saturated carbocycles. The number of aliphatic hydroxyl groups is 1. The molecule has 0 atom stereocenters. The van der Waals surface area contributed by atoms with Crippen molar-refractivity contribution in [3.05, 3.63) is 34.3 Å². The maximum atomic E-state index is 8.88. The Hall–Kier alpha value is -0.340. The molecule has 1 aromatic rings. The van der Waals surface area contributed by atoms with Gasteiger partial charge in [-0.05, 0) is 37.5 Å². The second-order valence-electron chi connectivity index (χ2n) is 5.14. The van der Waals surface area contributed by atoms with E-state index in [1.54, 1.807) is 0 Å². The summed E-state index contributed by atoms with van der Waals surface area (Å²) in [5, 5.41) is 15.2. The summed E-state index contributed by atoms with van der Waals surface area (Å²) in [6.07, 6.45) is 2.37. The van der Waals surface area contributed by atoms with Crippen LogP contribution in [-0.4, -0.2) is 37.3 Å². The van der Waals surface area contributed by atoms with Gasteiger partial charge < -0.3 is 15.7 Å². The van der Waals surface area contributed by atoms with Crippen LogP contribution >= 0.6 is 39.9 Å². The monoisotopic (exact) mass is 467 g/mol. The SMILES string of the molecule is CCNC(=NCC1(c2cccc(Br)c2)CC1)NCCO.I. The summed E-state index contributed by atoms with van der Waals surface area (Å²) < 4.78 is 1.12. The van der Waals surface area contributed by atoms with Crippen LogP contribution in [0.2, 0.25) is 0 Å². The van der Waals surface area contributed by atoms with Crippen molar-refractivity contribution >= 4 is 45.9 Å². The molecule has 0 aromatic heterocycles. The summed E-state index contributed by atoms with van der Waals surface area (Å²) >= 11 is 3.53. The Bertz CT molecular complexity index is 478. The van der Waals surface area contributed by atoms with E-state index in [9.17, 15) is 0 Å². The molecular formula is C15H23BrIN3O. The fraction of sp³-hybridized carbons (Fsp3) is 0.533. The molecule has 118 valence electrons. The molecule has 0 bridgehead atoms. The minimum Gasteiger partial charge on any atom is -0.395 e. The van der Waals surface area contributed by atoms with Crippen LogP contribution < -0.4 is 10.6 Å². The van der Waals surface area contributed by atoms with E-state index in [1.807, 2.05) is 6.92 Å². The van der Waals surface area contributed by atoms with Crippen LogP contribution in [0.15, 0.2) is 33.7 Å². The van der Waals surface area contributed by atoms with Crippen LogP contribution in [0.4, 0.5) is 0 Å². The van der Waals surface area contributed by atoms with Gasteiger partial charge in [0.25, 0.3) is 0 Å². The largest absolute Gasteiger partial charge is 0.395 e. The zero-order chi connectivity index (χ0) is 14.4. The molecule has 21 heavy (non-hydrogen) atoms. The third-order valence-corrected chi connectivity index (χ3v) is 4.07. The van der Waals surface area contributed by atoms with Crippen molar-refractivity contribution in [2.45, 2.75) is 25.2 Å². The topological polar surface area (TPSA) is 56.7 Å². The molecular weight excluding hydrogens is 445 g/mol. The maximum Gasteiger partial charge on any atom is 0.191 e. The first kappa shape index (κ1) is 18.7. The lowest BCUT2D eigenvalue weighted by Gasteiger charge is -2.16. The van der Waals surface area contributed by atoms with Crippen molar-refractivity contribution in [2.75, 3.05) is 26.2 Å². The van der Waals surface area contributed by atoms with Gasteiger partial charge in [0.2, 0.25) is 0 Å². The molecule has 0 heterocycles. The molecule has 0 saturated heterocycles. The van der Waals surface area contributed by atoms with Gasteiger partial charge in [0.15, 0.2) is 5.96 Å². The summed E-state index contributed by atoms with van der Waals surface area (Å²) in [7, 11) is 0. The van der Waals surface area contributed by atoms with E-state index in [2.05, 4.69) is 55.8 Å². The van der Waals surface area contributed by atoms with Crippen LogP contribution in [0.1, 0.15) is 25.3 Å². The lowest BCUT2D eigenvalue weighted by atomic mass is 9.96. The lowest BCUT2D eigenvalue weighted by Crippen LogP contribution is -2.39. The summed E-state index contributed by atoms with van der Waals surface area (Å²) in [5.41, 5.74) is 1.55. The van der Waals surface area contributed by atoms with Gasteiger partial charge in [-0.2, -0.15) is 0 Å². The summed E-state index contributed by atoms with van der Waals surface area (Å²) in [6, 6.07) is 8.51. The lowest BCUT2D eigenvalue weighted by molar-refractivity contribution is 0.300. The summed E-state index contributed by atoms with van der Waals surface area (Å²) in [4.78, 5) is 4.66. The van der Waals surface area contributed by atoms with E-state index < -0.39 is 0 Å². The Balaban J connectivity index is 0.00000220. The van der Waals surface area contributed by atoms with E-state index in [1.165, 1.54) is 18.4 Å². The highest BCUT2D eigenvalue weighted by atomic mass is 127. The number of rotatable bonds is 6. The Morgan fingerprint density at radius 3 is 2.71 bits per heavy atom. The van der Waals surface area contributed by atoms with Gasteiger partial charge in [-0.3, -0.25) is 4.99 Å². The normalized spacial score (nSPS) is 16.0. The average Bonchev–Trinajstić information content (AvgIpc) is 3.23. The molecule has 4 nitrogen and oxygen atoms in total. The molecule has 1 aliphatic rings. The zero-order valence-electron chi connectivity index (χ0n) is 12.2. The van der Waals surface area contributed by atoms with Gasteiger partial charge in [-0.15, -0.1) is 24.0 Å². The number of aliphatic hydroxyl groups excluding tert-OH is 1. The number of nitrogens with zero attached hydrogens (tertiary/aromatic N) is 1. The first-order chi connectivity index (χ1) is 9.70. The Kier molecular flexibility index (Phi) is 7.97. The standard InChI is InChI=1S/C15H22BrN3O.HI/c1-2-17-14(18-8-9-20)19-11-15(6-7-15)12-4-3-5-13(16)10-12;/h3-5,10,20H,2,6-9,11H2,1H3,(H2,17,18,19);1H. The highest BCUT2D eigenvalue weighted by Crippen LogP contribution is 2.48. The molecule has 0 radical (unpaired) electrons. The van der Waals surface area contributed by atoms with Crippen molar-refractivity contribution < 1.29 is 5.11 Å². The van der Waals surface area contributed by atoms with Crippen LogP contribution in [0, 0.1) is 0 Å². The summed E-state index contributed by atoms with van der Waals surface area (Å²) in [6.45, 7) is 4.28. The third kappa shape index (κ3) is 5.41. The van der Waals surface area contributed by atoms with Gasteiger partial charge >= 0.3 is 0 Å². The first-order valence-electron chi connectivity index (χ1n) is 7.09. The van der Waals surface area contributed by atoms with Crippen molar-refractivity contribution in [3.8, 4) is 0 Å². The van der Waals surface area contributed by atoms with E-state index in [-0.39, 0.29) is 36.0 Å². The number of nitrogens with one attached hydrogen (secondary N) is 2. The number of hydrogen-bond acceptors (Lipinski definition) is 2. The Morgan fingerprint density at radius 1 is 1.38 bits per heavy atom. The molecule has 1 fully saturated rings. The number of halogens is 2. The second kappa shape index (κ2) is 8.95. The Labute approximate surface area is 152 Å². The van der Waals surface area contributed by atoms with Crippen molar-refractivity contribution in [1.29, 1.82) is 0 Å². The first-order valence-corrected chi connectivity index (χ1v) is 7.88. The van der Waals surface area contributed by atoms with Crippen molar-refractivity contribution in [1.82, 2.24) is 10.6 Å². The van der Waals surface area contributed by atoms with E-state index in [0.717, 1.165) is 23.5 Å². The zero-order valence-corrected chi connectivity index (χ0v) is 16.1. The molecule has 6 heteroatoms. The van der Waals surface area contributed by atoms with Crippen LogP contribution in [-0.2, 0) is 5.41 Å². The average molecular weight is 468 g/mol. The van der Waals surface area contributed by atoms with E-state index in [4.69, 9.17) is 5.11 Å². The molecule has 3 N–H and O–H groups in total. The van der Waals surface area contributed by atoms with Crippen LogP contribution in [0.5, 0.6) is 0 Å². The fourth-order valence-electron chi connectivity index (χ4n) is 2.25. The van der Waals surface area contributed by atoms with Crippen molar-refractivity contribution in [3.63, 3.8) is 0 Å².